The number of carbonyl (C=O) groups excluding carboxylic acids is 1. The van der Waals surface area contributed by atoms with Crippen LogP contribution in [0.5, 0.6) is 0 Å². The summed E-state index contributed by atoms with van der Waals surface area (Å²) in [5.74, 6) is 2.18. The van der Waals surface area contributed by atoms with E-state index >= 15 is 0 Å². The molecule has 0 unspecified atom stereocenters. The molecule has 2 N–H and O–H groups in total. The number of primary sulfonamides is 1. The fourth-order valence-corrected chi connectivity index (χ4v) is 3.94. The highest BCUT2D eigenvalue weighted by molar-refractivity contribution is 7.89. The van der Waals surface area contributed by atoms with E-state index in [2.05, 4.69) is 14.9 Å². The fourth-order valence-electron chi connectivity index (χ4n) is 3.43. The van der Waals surface area contributed by atoms with Gasteiger partial charge in [-0.3, -0.25) is 4.79 Å². The first-order chi connectivity index (χ1) is 14.3. The second-order valence-corrected chi connectivity index (χ2v) is 8.63. The van der Waals surface area contributed by atoms with Crippen molar-refractivity contribution in [2.45, 2.75) is 11.8 Å². The molecule has 3 heterocycles. The van der Waals surface area contributed by atoms with Crippen molar-refractivity contribution < 1.29 is 13.2 Å². The van der Waals surface area contributed by atoms with Crippen molar-refractivity contribution in [2.75, 3.05) is 31.1 Å². The summed E-state index contributed by atoms with van der Waals surface area (Å²) in [4.78, 5) is 25.7. The largest absolute Gasteiger partial charge is 0.353 e. The van der Waals surface area contributed by atoms with Gasteiger partial charge in [0.2, 0.25) is 10.0 Å². The van der Waals surface area contributed by atoms with Crippen molar-refractivity contribution in [2.24, 2.45) is 5.14 Å². The molecule has 9 nitrogen and oxygen atoms in total. The number of anilines is 1. The minimum Gasteiger partial charge on any atom is -0.353 e. The molecule has 0 bridgehead atoms. The van der Waals surface area contributed by atoms with Gasteiger partial charge in [0, 0.05) is 50.2 Å². The number of rotatable bonds is 4. The molecule has 3 aromatic rings. The molecular formula is C20H22N6O3S. The van der Waals surface area contributed by atoms with Crippen LogP contribution in [0, 0.1) is 6.92 Å². The van der Waals surface area contributed by atoms with Crippen molar-refractivity contribution in [1.29, 1.82) is 0 Å². The number of hydrogen-bond donors (Lipinski definition) is 1. The monoisotopic (exact) mass is 426 g/mol. The summed E-state index contributed by atoms with van der Waals surface area (Å²) in [5, 5.41) is 5.11. The molecule has 1 aromatic carbocycles. The zero-order valence-corrected chi connectivity index (χ0v) is 17.3. The van der Waals surface area contributed by atoms with Gasteiger partial charge in [-0.15, -0.1) is 0 Å². The molecule has 0 aliphatic carbocycles. The molecule has 2 aromatic heterocycles. The minimum atomic E-state index is -3.78. The van der Waals surface area contributed by atoms with Crippen molar-refractivity contribution in [3.63, 3.8) is 0 Å². The molecule has 0 saturated carbocycles. The van der Waals surface area contributed by atoms with Crippen molar-refractivity contribution in [3.05, 3.63) is 66.2 Å². The highest BCUT2D eigenvalue weighted by Crippen LogP contribution is 2.19. The maximum absolute atomic E-state index is 12.8. The van der Waals surface area contributed by atoms with E-state index in [1.807, 2.05) is 42.1 Å². The smallest absolute Gasteiger partial charge is 0.253 e. The van der Waals surface area contributed by atoms with Gasteiger partial charge in [0.25, 0.3) is 5.91 Å². The predicted molar refractivity (Wildman–Crippen MR) is 112 cm³/mol. The summed E-state index contributed by atoms with van der Waals surface area (Å²) in [7, 11) is -3.78. The van der Waals surface area contributed by atoms with E-state index in [1.54, 1.807) is 4.90 Å². The predicted octanol–water partition coefficient (Wildman–Crippen LogP) is 1.19. The lowest BCUT2D eigenvalue weighted by Crippen LogP contribution is -2.49. The van der Waals surface area contributed by atoms with E-state index in [0.717, 1.165) is 11.6 Å². The zero-order valence-electron chi connectivity index (χ0n) is 16.5. The SMILES string of the molecule is Cc1nc(N2CCN(C(=O)c3ccc(S(N)(=O)=O)cc3)CC2)cc(-n2cccc2)n1. The summed E-state index contributed by atoms with van der Waals surface area (Å²) in [5.41, 5.74) is 0.434. The van der Waals surface area contributed by atoms with Crippen LogP contribution in [0.3, 0.4) is 0 Å². The molecule has 30 heavy (non-hydrogen) atoms. The lowest BCUT2D eigenvalue weighted by molar-refractivity contribution is 0.0746. The third kappa shape index (κ3) is 4.19. The highest BCUT2D eigenvalue weighted by Gasteiger charge is 2.24. The van der Waals surface area contributed by atoms with Gasteiger partial charge >= 0.3 is 0 Å². The average molecular weight is 427 g/mol. The molecule has 156 valence electrons. The Morgan fingerprint density at radius 3 is 2.17 bits per heavy atom. The molecule has 1 saturated heterocycles. The third-order valence-corrected chi connectivity index (χ3v) is 5.93. The number of nitrogens with two attached hydrogens (primary N) is 1. The standard InChI is InChI=1S/C20H22N6O3S/c1-15-22-18(24-8-2-3-9-24)14-19(23-15)25-10-12-26(13-11-25)20(27)16-4-6-17(7-5-16)30(21,28)29/h2-9,14H,10-13H2,1H3,(H2,21,28,29). The Kier molecular flexibility index (Phi) is 5.27. The van der Waals surface area contributed by atoms with Gasteiger partial charge in [0.05, 0.1) is 4.90 Å². The van der Waals surface area contributed by atoms with Gasteiger partial charge < -0.3 is 14.4 Å². The van der Waals surface area contributed by atoms with Crippen LogP contribution in [0.2, 0.25) is 0 Å². The minimum absolute atomic E-state index is 0.0125. The first-order valence-electron chi connectivity index (χ1n) is 9.47. The van der Waals surface area contributed by atoms with Gasteiger partial charge in [0.15, 0.2) is 0 Å². The van der Waals surface area contributed by atoms with Crippen molar-refractivity contribution in [3.8, 4) is 5.82 Å². The maximum Gasteiger partial charge on any atom is 0.253 e. The molecule has 1 aliphatic heterocycles. The van der Waals surface area contributed by atoms with Crippen LogP contribution < -0.4 is 10.0 Å². The Labute approximate surface area is 174 Å². The molecular weight excluding hydrogens is 404 g/mol. The van der Waals surface area contributed by atoms with Crippen LogP contribution in [0.25, 0.3) is 5.82 Å². The van der Waals surface area contributed by atoms with Gasteiger partial charge in [-0.1, -0.05) is 0 Å². The van der Waals surface area contributed by atoms with Crippen LogP contribution in [0.15, 0.2) is 59.8 Å². The molecule has 0 spiro atoms. The zero-order chi connectivity index (χ0) is 21.3. The van der Waals surface area contributed by atoms with Gasteiger partial charge in [-0.05, 0) is 43.3 Å². The Morgan fingerprint density at radius 2 is 1.57 bits per heavy atom. The van der Waals surface area contributed by atoms with Gasteiger partial charge in [0.1, 0.15) is 17.5 Å². The summed E-state index contributed by atoms with van der Waals surface area (Å²) >= 11 is 0. The maximum atomic E-state index is 12.8. The number of hydrogen-bond acceptors (Lipinski definition) is 6. The van der Waals surface area contributed by atoms with Crippen molar-refractivity contribution >= 4 is 21.7 Å². The summed E-state index contributed by atoms with van der Waals surface area (Å²) < 4.78 is 24.7. The second-order valence-electron chi connectivity index (χ2n) is 7.07. The molecule has 10 heteroatoms. The van der Waals surface area contributed by atoms with E-state index in [4.69, 9.17) is 5.14 Å². The lowest BCUT2D eigenvalue weighted by Gasteiger charge is -2.35. The van der Waals surface area contributed by atoms with E-state index in [9.17, 15) is 13.2 Å². The van der Waals surface area contributed by atoms with E-state index in [-0.39, 0.29) is 10.8 Å². The Balaban J connectivity index is 1.44. The number of piperazine rings is 1. The number of carbonyl (C=O) groups is 1. The first-order valence-corrected chi connectivity index (χ1v) is 11.0. The van der Waals surface area contributed by atoms with Crippen LogP contribution >= 0.6 is 0 Å². The van der Waals surface area contributed by atoms with Gasteiger partial charge in [-0.25, -0.2) is 23.5 Å². The molecule has 1 fully saturated rings. The van der Waals surface area contributed by atoms with Gasteiger partial charge in [-0.2, -0.15) is 0 Å². The topological polar surface area (TPSA) is 114 Å². The number of benzene rings is 1. The van der Waals surface area contributed by atoms with Crippen LogP contribution in [-0.4, -0.2) is 59.9 Å². The summed E-state index contributed by atoms with van der Waals surface area (Å²) in [6.45, 7) is 4.22. The van der Waals surface area contributed by atoms with Crippen LogP contribution in [0.1, 0.15) is 16.2 Å². The number of amides is 1. The quantitative estimate of drug-likeness (QED) is 0.670. The van der Waals surface area contributed by atoms with Crippen molar-refractivity contribution in [1.82, 2.24) is 19.4 Å². The molecule has 0 atom stereocenters. The Morgan fingerprint density at radius 1 is 0.967 bits per heavy atom. The fraction of sp³-hybridized carbons (Fsp3) is 0.250. The van der Waals surface area contributed by atoms with E-state index in [0.29, 0.717) is 37.6 Å². The third-order valence-electron chi connectivity index (χ3n) is 5.00. The average Bonchev–Trinajstić information content (AvgIpc) is 3.27. The summed E-state index contributed by atoms with van der Waals surface area (Å²) in [6.07, 6.45) is 3.87. The second kappa shape index (κ2) is 7.88. The number of sulfonamides is 1. The highest BCUT2D eigenvalue weighted by atomic mass is 32.2. The summed E-state index contributed by atoms with van der Waals surface area (Å²) in [6, 6.07) is 11.5. The first kappa shape index (κ1) is 20.0. The number of aromatic nitrogens is 3. The normalized spacial score (nSPS) is 14.7. The Hall–Kier alpha value is -3.24. The molecule has 1 amide bonds. The molecule has 4 rings (SSSR count). The van der Waals surface area contributed by atoms with E-state index in [1.165, 1.54) is 24.3 Å². The molecule has 1 aliphatic rings. The van der Waals surface area contributed by atoms with E-state index < -0.39 is 10.0 Å². The van der Waals surface area contributed by atoms with Crippen LogP contribution in [-0.2, 0) is 10.0 Å². The lowest BCUT2D eigenvalue weighted by atomic mass is 10.2. The number of nitrogens with zero attached hydrogens (tertiary/aromatic N) is 5. The molecule has 0 radical (unpaired) electrons. The number of aryl methyl sites for hydroxylation is 1. The Bertz CT molecular complexity index is 1150. The van der Waals surface area contributed by atoms with Crippen LogP contribution in [0.4, 0.5) is 5.82 Å².